The molecule has 19 heavy (non-hydrogen) atoms. The Balaban J connectivity index is 2.05. The molecule has 106 valence electrons. The Morgan fingerprint density at radius 1 is 1.32 bits per heavy atom. The maximum Gasteiger partial charge on any atom is 0.218 e. The van der Waals surface area contributed by atoms with Crippen LogP contribution in [-0.2, 0) is 4.74 Å². The Bertz CT molecular complexity index is 415. The van der Waals surface area contributed by atoms with Gasteiger partial charge in [0.15, 0.2) is 0 Å². The number of anilines is 1. The lowest BCUT2D eigenvalue weighted by Gasteiger charge is -2.32. The molecule has 1 aliphatic rings. The number of aryl methyl sites for hydroxylation is 1. The van der Waals surface area contributed by atoms with Crippen LogP contribution in [0.4, 0.5) is 5.82 Å². The SMILES string of the molecule is CCNc1cc(OC2CC(C)OC(C)C2)nc(C)n1. The normalized spacial score (nSPS) is 27.1. The summed E-state index contributed by atoms with van der Waals surface area (Å²) < 4.78 is 11.7. The van der Waals surface area contributed by atoms with Crippen LogP contribution in [0.1, 0.15) is 39.4 Å². The Morgan fingerprint density at radius 3 is 2.63 bits per heavy atom. The van der Waals surface area contributed by atoms with Gasteiger partial charge in [-0.15, -0.1) is 0 Å². The van der Waals surface area contributed by atoms with Gasteiger partial charge in [-0.3, -0.25) is 0 Å². The van der Waals surface area contributed by atoms with E-state index in [0.717, 1.165) is 31.0 Å². The summed E-state index contributed by atoms with van der Waals surface area (Å²) in [6.07, 6.45) is 2.46. The molecule has 1 fully saturated rings. The Kier molecular flexibility index (Phi) is 4.58. The largest absolute Gasteiger partial charge is 0.474 e. The van der Waals surface area contributed by atoms with Crippen molar-refractivity contribution in [1.82, 2.24) is 9.97 Å². The second kappa shape index (κ2) is 6.19. The van der Waals surface area contributed by atoms with Gasteiger partial charge in [-0.1, -0.05) is 0 Å². The van der Waals surface area contributed by atoms with Crippen molar-refractivity contribution in [3.05, 3.63) is 11.9 Å². The fraction of sp³-hybridized carbons (Fsp3) is 0.714. The minimum absolute atomic E-state index is 0.169. The molecule has 5 heteroatoms. The summed E-state index contributed by atoms with van der Waals surface area (Å²) in [6, 6.07) is 1.86. The van der Waals surface area contributed by atoms with Gasteiger partial charge in [0, 0.05) is 25.5 Å². The maximum absolute atomic E-state index is 5.99. The molecule has 2 heterocycles. The van der Waals surface area contributed by atoms with Crippen molar-refractivity contribution in [3.8, 4) is 5.88 Å². The summed E-state index contributed by atoms with van der Waals surface area (Å²) in [5, 5.41) is 3.19. The van der Waals surface area contributed by atoms with Crippen molar-refractivity contribution >= 4 is 5.82 Å². The fourth-order valence-corrected chi connectivity index (χ4v) is 2.48. The zero-order chi connectivity index (χ0) is 13.8. The van der Waals surface area contributed by atoms with Crippen LogP contribution in [0.2, 0.25) is 0 Å². The van der Waals surface area contributed by atoms with E-state index in [1.54, 1.807) is 0 Å². The first-order chi connectivity index (χ1) is 9.06. The fourth-order valence-electron chi connectivity index (χ4n) is 2.48. The molecule has 1 aromatic rings. The lowest BCUT2D eigenvalue weighted by molar-refractivity contribution is -0.0729. The minimum Gasteiger partial charge on any atom is -0.474 e. The zero-order valence-electron chi connectivity index (χ0n) is 12.1. The van der Waals surface area contributed by atoms with Crippen LogP contribution in [-0.4, -0.2) is 34.8 Å². The van der Waals surface area contributed by atoms with E-state index in [0.29, 0.717) is 5.88 Å². The average Bonchev–Trinajstić information content (AvgIpc) is 2.26. The first kappa shape index (κ1) is 14.1. The molecule has 1 N–H and O–H groups in total. The lowest BCUT2D eigenvalue weighted by Crippen LogP contribution is -2.35. The van der Waals surface area contributed by atoms with Crippen LogP contribution in [0.25, 0.3) is 0 Å². The highest BCUT2D eigenvalue weighted by Gasteiger charge is 2.26. The highest BCUT2D eigenvalue weighted by Crippen LogP contribution is 2.24. The number of ether oxygens (including phenoxy) is 2. The van der Waals surface area contributed by atoms with Gasteiger partial charge < -0.3 is 14.8 Å². The molecule has 1 aliphatic heterocycles. The molecule has 0 aliphatic carbocycles. The van der Waals surface area contributed by atoms with Crippen LogP contribution in [0.5, 0.6) is 5.88 Å². The first-order valence-corrected chi connectivity index (χ1v) is 6.98. The number of aromatic nitrogens is 2. The van der Waals surface area contributed by atoms with E-state index < -0.39 is 0 Å². The summed E-state index contributed by atoms with van der Waals surface area (Å²) >= 11 is 0. The van der Waals surface area contributed by atoms with E-state index in [1.807, 2.05) is 19.9 Å². The van der Waals surface area contributed by atoms with Crippen molar-refractivity contribution in [1.29, 1.82) is 0 Å². The van der Waals surface area contributed by atoms with Gasteiger partial charge >= 0.3 is 0 Å². The summed E-state index contributed by atoms with van der Waals surface area (Å²) in [5.74, 6) is 2.19. The third-order valence-electron chi connectivity index (χ3n) is 3.11. The highest BCUT2D eigenvalue weighted by atomic mass is 16.5. The number of hydrogen-bond acceptors (Lipinski definition) is 5. The molecule has 0 radical (unpaired) electrons. The van der Waals surface area contributed by atoms with Gasteiger partial charge in [0.05, 0.1) is 12.2 Å². The van der Waals surface area contributed by atoms with Crippen molar-refractivity contribution in [2.75, 3.05) is 11.9 Å². The standard InChI is InChI=1S/C14H23N3O2/c1-5-15-13-8-14(17-11(4)16-13)19-12-6-9(2)18-10(3)7-12/h8-10,12H,5-7H2,1-4H3,(H,15,16,17). The van der Waals surface area contributed by atoms with Crippen molar-refractivity contribution in [2.45, 2.75) is 58.8 Å². The third kappa shape index (κ3) is 4.06. The Morgan fingerprint density at radius 2 is 2.00 bits per heavy atom. The molecule has 2 rings (SSSR count). The lowest BCUT2D eigenvalue weighted by atomic mass is 10.0. The van der Waals surface area contributed by atoms with E-state index in [-0.39, 0.29) is 18.3 Å². The van der Waals surface area contributed by atoms with Crippen LogP contribution < -0.4 is 10.1 Å². The van der Waals surface area contributed by atoms with E-state index >= 15 is 0 Å². The van der Waals surface area contributed by atoms with E-state index in [9.17, 15) is 0 Å². The van der Waals surface area contributed by atoms with E-state index in [2.05, 4.69) is 29.1 Å². The summed E-state index contributed by atoms with van der Waals surface area (Å²) in [4.78, 5) is 8.67. The highest BCUT2D eigenvalue weighted by molar-refractivity contribution is 5.38. The molecule has 0 spiro atoms. The molecule has 2 unspecified atom stereocenters. The van der Waals surface area contributed by atoms with Crippen molar-refractivity contribution in [2.24, 2.45) is 0 Å². The summed E-state index contributed by atoms with van der Waals surface area (Å²) in [6.45, 7) is 8.92. The molecule has 2 atom stereocenters. The smallest absolute Gasteiger partial charge is 0.218 e. The second-order valence-corrected chi connectivity index (χ2v) is 5.14. The van der Waals surface area contributed by atoms with Gasteiger partial charge in [-0.25, -0.2) is 4.98 Å². The topological polar surface area (TPSA) is 56.3 Å². The average molecular weight is 265 g/mol. The van der Waals surface area contributed by atoms with Crippen LogP contribution in [0.15, 0.2) is 6.07 Å². The molecule has 0 aromatic carbocycles. The van der Waals surface area contributed by atoms with Gasteiger partial charge in [-0.2, -0.15) is 4.98 Å². The first-order valence-electron chi connectivity index (χ1n) is 6.98. The second-order valence-electron chi connectivity index (χ2n) is 5.14. The quantitative estimate of drug-likeness (QED) is 0.906. The molecular formula is C14H23N3O2. The van der Waals surface area contributed by atoms with Crippen molar-refractivity contribution < 1.29 is 9.47 Å². The zero-order valence-corrected chi connectivity index (χ0v) is 12.1. The monoisotopic (exact) mass is 265 g/mol. The minimum atomic E-state index is 0.169. The van der Waals surface area contributed by atoms with Crippen LogP contribution in [0, 0.1) is 6.92 Å². The summed E-state index contributed by atoms with van der Waals surface area (Å²) in [7, 11) is 0. The van der Waals surface area contributed by atoms with E-state index in [1.165, 1.54) is 0 Å². The number of rotatable bonds is 4. The Hall–Kier alpha value is -1.36. The number of hydrogen-bond donors (Lipinski definition) is 1. The number of nitrogens with zero attached hydrogens (tertiary/aromatic N) is 2. The Labute approximate surface area is 114 Å². The molecule has 5 nitrogen and oxygen atoms in total. The summed E-state index contributed by atoms with van der Waals surface area (Å²) in [5.41, 5.74) is 0. The molecule has 0 saturated carbocycles. The van der Waals surface area contributed by atoms with Gasteiger partial charge in [-0.05, 0) is 27.7 Å². The van der Waals surface area contributed by atoms with Crippen LogP contribution >= 0.6 is 0 Å². The predicted molar refractivity (Wildman–Crippen MR) is 74.6 cm³/mol. The molecular weight excluding hydrogens is 242 g/mol. The molecule has 0 amide bonds. The van der Waals surface area contributed by atoms with Gasteiger partial charge in [0.1, 0.15) is 17.7 Å². The van der Waals surface area contributed by atoms with Gasteiger partial charge in [0.25, 0.3) is 0 Å². The number of nitrogens with one attached hydrogen (secondary N) is 1. The molecule has 1 saturated heterocycles. The molecule has 1 aromatic heterocycles. The van der Waals surface area contributed by atoms with E-state index in [4.69, 9.17) is 9.47 Å². The maximum atomic E-state index is 5.99. The van der Waals surface area contributed by atoms with Crippen LogP contribution in [0.3, 0.4) is 0 Å². The third-order valence-corrected chi connectivity index (χ3v) is 3.11. The van der Waals surface area contributed by atoms with Gasteiger partial charge in [0.2, 0.25) is 5.88 Å². The predicted octanol–water partition coefficient (Wildman–Crippen LogP) is 2.55. The molecule has 0 bridgehead atoms. The van der Waals surface area contributed by atoms with Crippen molar-refractivity contribution in [3.63, 3.8) is 0 Å².